The quantitative estimate of drug-likeness (QED) is 0.864. The second-order valence-corrected chi connectivity index (χ2v) is 4.79. The summed E-state index contributed by atoms with van der Waals surface area (Å²) in [7, 11) is 0. The van der Waals surface area contributed by atoms with Crippen LogP contribution in [-0.2, 0) is 6.54 Å². The Bertz CT molecular complexity index is 496. The average Bonchev–Trinajstić information content (AvgIpc) is 2.67. The van der Waals surface area contributed by atoms with Crippen LogP contribution in [0.2, 0.25) is 5.02 Å². The minimum absolute atomic E-state index is 0.680. The lowest BCUT2D eigenvalue weighted by Gasteiger charge is -2.06. The molecule has 0 spiro atoms. The molecule has 1 aromatic heterocycles. The standard InChI is InChI=1S/C11H11BrClN3/c1-2-5-16-7-14-15-11(16)9-4-3-8(12)6-10(9)13/h3-4,6-7H,2,5H2,1H3. The van der Waals surface area contributed by atoms with Crippen molar-refractivity contribution in [1.82, 2.24) is 14.8 Å². The Labute approximate surface area is 108 Å². The number of rotatable bonds is 3. The highest BCUT2D eigenvalue weighted by atomic mass is 79.9. The molecule has 3 nitrogen and oxygen atoms in total. The van der Waals surface area contributed by atoms with Gasteiger partial charge in [-0.05, 0) is 24.6 Å². The van der Waals surface area contributed by atoms with E-state index in [0.717, 1.165) is 28.8 Å². The molecule has 84 valence electrons. The molecule has 0 unspecified atom stereocenters. The van der Waals surface area contributed by atoms with Crippen LogP contribution in [0.25, 0.3) is 11.4 Å². The average molecular weight is 301 g/mol. The van der Waals surface area contributed by atoms with Crippen LogP contribution < -0.4 is 0 Å². The van der Waals surface area contributed by atoms with Crippen LogP contribution in [0.5, 0.6) is 0 Å². The molecule has 5 heteroatoms. The molecule has 1 aromatic carbocycles. The molecular formula is C11H11BrClN3. The second-order valence-electron chi connectivity index (χ2n) is 3.47. The summed E-state index contributed by atoms with van der Waals surface area (Å²) in [5.74, 6) is 0.819. The molecule has 0 aliphatic carbocycles. The summed E-state index contributed by atoms with van der Waals surface area (Å²) in [6.45, 7) is 3.02. The Hall–Kier alpha value is -0.870. The molecule has 0 aliphatic heterocycles. The summed E-state index contributed by atoms with van der Waals surface area (Å²) >= 11 is 9.56. The van der Waals surface area contributed by atoms with E-state index in [0.29, 0.717) is 5.02 Å². The molecule has 0 fully saturated rings. The van der Waals surface area contributed by atoms with Crippen LogP contribution in [-0.4, -0.2) is 14.8 Å². The fraction of sp³-hybridized carbons (Fsp3) is 0.273. The number of hydrogen-bond acceptors (Lipinski definition) is 2. The zero-order valence-corrected chi connectivity index (χ0v) is 11.2. The maximum Gasteiger partial charge on any atom is 0.165 e. The van der Waals surface area contributed by atoms with Gasteiger partial charge in [-0.2, -0.15) is 0 Å². The van der Waals surface area contributed by atoms with Crippen molar-refractivity contribution < 1.29 is 0 Å². The highest BCUT2D eigenvalue weighted by molar-refractivity contribution is 9.10. The van der Waals surface area contributed by atoms with E-state index < -0.39 is 0 Å². The van der Waals surface area contributed by atoms with Gasteiger partial charge in [-0.25, -0.2) is 0 Å². The van der Waals surface area contributed by atoms with Gasteiger partial charge in [0.25, 0.3) is 0 Å². The van der Waals surface area contributed by atoms with E-state index in [2.05, 4.69) is 33.1 Å². The summed E-state index contributed by atoms with van der Waals surface area (Å²) in [5.41, 5.74) is 0.913. The first kappa shape index (κ1) is 11.6. The van der Waals surface area contributed by atoms with Crippen molar-refractivity contribution >= 4 is 27.5 Å². The normalized spacial score (nSPS) is 10.7. The molecule has 0 aliphatic rings. The third kappa shape index (κ3) is 2.28. The van der Waals surface area contributed by atoms with E-state index in [1.54, 1.807) is 6.33 Å². The lowest BCUT2D eigenvalue weighted by Crippen LogP contribution is -1.98. The van der Waals surface area contributed by atoms with Crippen molar-refractivity contribution in [3.05, 3.63) is 34.0 Å². The van der Waals surface area contributed by atoms with Crippen LogP contribution in [0, 0.1) is 0 Å². The molecule has 0 bridgehead atoms. The maximum absolute atomic E-state index is 6.18. The summed E-state index contributed by atoms with van der Waals surface area (Å²) in [6.07, 6.45) is 2.77. The third-order valence-electron chi connectivity index (χ3n) is 2.25. The molecule has 2 rings (SSSR count). The fourth-order valence-corrected chi connectivity index (χ4v) is 2.30. The van der Waals surface area contributed by atoms with E-state index in [9.17, 15) is 0 Å². The number of halogens is 2. The van der Waals surface area contributed by atoms with Gasteiger partial charge in [-0.15, -0.1) is 10.2 Å². The van der Waals surface area contributed by atoms with Crippen LogP contribution >= 0.6 is 27.5 Å². The smallest absolute Gasteiger partial charge is 0.165 e. The van der Waals surface area contributed by atoms with E-state index in [4.69, 9.17) is 11.6 Å². The predicted molar refractivity (Wildman–Crippen MR) is 68.5 cm³/mol. The van der Waals surface area contributed by atoms with E-state index in [-0.39, 0.29) is 0 Å². The maximum atomic E-state index is 6.18. The Kier molecular flexibility index (Phi) is 3.61. The molecule has 2 aromatic rings. The van der Waals surface area contributed by atoms with Crippen molar-refractivity contribution in [2.45, 2.75) is 19.9 Å². The highest BCUT2D eigenvalue weighted by Crippen LogP contribution is 2.29. The molecule has 1 heterocycles. The van der Waals surface area contributed by atoms with Gasteiger partial charge in [0.2, 0.25) is 0 Å². The zero-order valence-electron chi connectivity index (χ0n) is 8.82. The number of nitrogens with zero attached hydrogens (tertiary/aromatic N) is 3. The van der Waals surface area contributed by atoms with Crippen molar-refractivity contribution in [2.75, 3.05) is 0 Å². The molecular weight excluding hydrogens is 289 g/mol. The lowest BCUT2D eigenvalue weighted by atomic mass is 10.2. The topological polar surface area (TPSA) is 30.7 Å². The van der Waals surface area contributed by atoms with Crippen LogP contribution in [0.1, 0.15) is 13.3 Å². The second kappa shape index (κ2) is 4.97. The first-order chi connectivity index (χ1) is 7.72. The van der Waals surface area contributed by atoms with Gasteiger partial charge < -0.3 is 4.57 Å². The molecule has 0 saturated carbocycles. The van der Waals surface area contributed by atoms with Crippen molar-refractivity contribution in [3.63, 3.8) is 0 Å². The van der Waals surface area contributed by atoms with Crippen LogP contribution in [0.4, 0.5) is 0 Å². The Morgan fingerprint density at radius 3 is 2.94 bits per heavy atom. The minimum atomic E-state index is 0.680. The van der Waals surface area contributed by atoms with E-state index in [1.807, 2.05) is 22.8 Å². The molecule has 16 heavy (non-hydrogen) atoms. The first-order valence-electron chi connectivity index (χ1n) is 5.05. The Morgan fingerprint density at radius 1 is 1.44 bits per heavy atom. The zero-order chi connectivity index (χ0) is 11.5. The first-order valence-corrected chi connectivity index (χ1v) is 6.22. The SMILES string of the molecule is CCCn1cnnc1-c1ccc(Br)cc1Cl. The van der Waals surface area contributed by atoms with Crippen LogP contribution in [0.15, 0.2) is 29.0 Å². The van der Waals surface area contributed by atoms with E-state index >= 15 is 0 Å². The molecule has 0 radical (unpaired) electrons. The van der Waals surface area contributed by atoms with Gasteiger partial charge in [0, 0.05) is 16.6 Å². The lowest BCUT2D eigenvalue weighted by molar-refractivity contribution is 0.683. The van der Waals surface area contributed by atoms with Gasteiger partial charge in [0.15, 0.2) is 5.82 Å². The van der Waals surface area contributed by atoms with Crippen LogP contribution in [0.3, 0.4) is 0 Å². The number of hydrogen-bond donors (Lipinski definition) is 0. The molecule has 0 atom stereocenters. The third-order valence-corrected chi connectivity index (χ3v) is 3.06. The van der Waals surface area contributed by atoms with Gasteiger partial charge in [0.1, 0.15) is 6.33 Å². The highest BCUT2D eigenvalue weighted by Gasteiger charge is 2.10. The number of aromatic nitrogens is 3. The Balaban J connectivity index is 2.46. The van der Waals surface area contributed by atoms with Crippen molar-refractivity contribution in [1.29, 1.82) is 0 Å². The Morgan fingerprint density at radius 2 is 2.25 bits per heavy atom. The number of benzene rings is 1. The summed E-state index contributed by atoms with van der Waals surface area (Å²) in [6, 6.07) is 5.76. The fourth-order valence-electron chi connectivity index (χ4n) is 1.54. The largest absolute Gasteiger partial charge is 0.314 e. The van der Waals surface area contributed by atoms with Gasteiger partial charge in [-0.1, -0.05) is 34.5 Å². The summed E-state index contributed by atoms with van der Waals surface area (Å²) in [5, 5.41) is 8.71. The summed E-state index contributed by atoms with van der Waals surface area (Å²) in [4.78, 5) is 0. The number of aryl methyl sites for hydroxylation is 1. The molecule has 0 saturated heterocycles. The van der Waals surface area contributed by atoms with E-state index in [1.165, 1.54) is 0 Å². The summed E-state index contributed by atoms with van der Waals surface area (Å²) < 4.78 is 2.97. The monoisotopic (exact) mass is 299 g/mol. The predicted octanol–water partition coefficient (Wildman–Crippen LogP) is 3.77. The van der Waals surface area contributed by atoms with Gasteiger partial charge in [-0.3, -0.25) is 0 Å². The molecule has 0 amide bonds. The van der Waals surface area contributed by atoms with Gasteiger partial charge in [0.05, 0.1) is 5.02 Å². The minimum Gasteiger partial charge on any atom is -0.314 e. The van der Waals surface area contributed by atoms with Crippen molar-refractivity contribution in [2.24, 2.45) is 0 Å². The van der Waals surface area contributed by atoms with Gasteiger partial charge >= 0.3 is 0 Å². The van der Waals surface area contributed by atoms with Crippen molar-refractivity contribution in [3.8, 4) is 11.4 Å². The molecule has 0 N–H and O–H groups in total.